The average molecular weight is 288 g/mol. The molecule has 0 aliphatic heterocycles. The molecular formula is C15H20N4S. The molecule has 0 saturated carbocycles. The van der Waals surface area contributed by atoms with E-state index in [9.17, 15) is 0 Å². The highest BCUT2D eigenvalue weighted by molar-refractivity contribution is 7.11. The molecule has 0 spiro atoms. The molecule has 0 bridgehead atoms. The highest BCUT2D eigenvalue weighted by Crippen LogP contribution is 2.18. The smallest absolute Gasteiger partial charge is 0.193 e. The van der Waals surface area contributed by atoms with Crippen LogP contribution >= 0.6 is 11.3 Å². The molecule has 0 saturated heterocycles. The third kappa shape index (κ3) is 3.81. The van der Waals surface area contributed by atoms with Gasteiger partial charge >= 0.3 is 0 Å². The van der Waals surface area contributed by atoms with E-state index in [1.807, 2.05) is 26.0 Å². The second-order valence-electron chi connectivity index (χ2n) is 4.62. The monoisotopic (exact) mass is 288 g/mol. The van der Waals surface area contributed by atoms with Gasteiger partial charge in [-0.25, -0.2) is 9.98 Å². The topological polar surface area (TPSA) is 63.3 Å². The van der Waals surface area contributed by atoms with Gasteiger partial charge in [0.05, 0.1) is 17.2 Å². The van der Waals surface area contributed by atoms with Crippen molar-refractivity contribution in [2.75, 3.05) is 5.32 Å². The van der Waals surface area contributed by atoms with Gasteiger partial charge in [-0.2, -0.15) is 0 Å². The van der Waals surface area contributed by atoms with E-state index >= 15 is 0 Å². The number of benzene rings is 1. The Morgan fingerprint density at radius 3 is 2.55 bits per heavy atom. The van der Waals surface area contributed by atoms with Gasteiger partial charge in [0, 0.05) is 10.6 Å². The van der Waals surface area contributed by atoms with Crippen LogP contribution in [0.25, 0.3) is 0 Å². The lowest BCUT2D eigenvalue weighted by Crippen LogP contribution is -2.22. The van der Waals surface area contributed by atoms with Gasteiger partial charge in [0.1, 0.15) is 0 Å². The van der Waals surface area contributed by atoms with Crippen molar-refractivity contribution in [2.24, 2.45) is 10.7 Å². The highest BCUT2D eigenvalue weighted by Gasteiger charge is 2.04. The van der Waals surface area contributed by atoms with Crippen molar-refractivity contribution in [1.82, 2.24) is 4.98 Å². The lowest BCUT2D eigenvalue weighted by Gasteiger charge is -2.06. The van der Waals surface area contributed by atoms with E-state index < -0.39 is 0 Å². The molecule has 0 amide bonds. The Labute approximate surface area is 123 Å². The second kappa shape index (κ2) is 6.52. The zero-order valence-corrected chi connectivity index (χ0v) is 12.9. The van der Waals surface area contributed by atoms with Gasteiger partial charge in [-0.15, -0.1) is 11.3 Å². The van der Waals surface area contributed by atoms with Crippen LogP contribution in [0.1, 0.15) is 28.1 Å². The van der Waals surface area contributed by atoms with Gasteiger partial charge in [-0.3, -0.25) is 0 Å². The molecule has 0 radical (unpaired) electrons. The number of nitrogens with zero attached hydrogens (tertiary/aromatic N) is 2. The van der Waals surface area contributed by atoms with Crippen molar-refractivity contribution < 1.29 is 0 Å². The molecule has 1 heterocycles. The molecule has 0 fully saturated rings. The molecule has 0 atom stereocenters. The van der Waals surface area contributed by atoms with Crippen molar-refractivity contribution in [3.63, 3.8) is 0 Å². The fourth-order valence-corrected chi connectivity index (χ4v) is 2.75. The first-order valence-corrected chi connectivity index (χ1v) is 7.49. The lowest BCUT2D eigenvalue weighted by molar-refractivity contribution is 1.05. The number of aliphatic imine (C=N–C) groups is 1. The normalized spacial score (nSPS) is 11.7. The van der Waals surface area contributed by atoms with Crippen LogP contribution in [0.15, 0.2) is 29.3 Å². The molecule has 1 aromatic heterocycles. The number of aryl methyl sites for hydroxylation is 3. The number of rotatable bonds is 4. The summed E-state index contributed by atoms with van der Waals surface area (Å²) in [5.74, 6) is 0.430. The van der Waals surface area contributed by atoms with Gasteiger partial charge in [0.25, 0.3) is 0 Å². The zero-order chi connectivity index (χ0) is 14.5. The SMILES string of the molecule is CCc1ccc(NC(N)=NCc2sc(C)nc2C)cc1. The first kappa shape index (κ1) is 14.5. The Morgan fingerprint density at radius 2 is 2.00 bits per heavy atom. The summed E-state index contributed by atoms with van der Waals surface area (Å²) in [4.78, 5) is 9.90. The molecule has 0 aliphatic rings. The molecule has 3 N–H and O–H groups in total. The molecule has 2 rings (SSSR count). The predicted octanol–water partition coefficient (Wildman–Crippen LogP) is 3.25. The number of nitrogens with one attached hydrogen (secondary N) is 1. The third-order valence-corrected chi connectivity index (χ3v) is 4.08. The van der Waals surface area contributed by atoms with Crippen LogP contribution in [0.2, 0.25) is 0 Å². The molecule has 106 valence electrons. The van der Waals surface area contributed by atoms with Crippen LogP contribution < -0.4 is 11.1 Å². The van der Waals surface area contributed by atoms with E-state index in [1.54, 1.807) is 11.3 Å². The van der Waals surface area contributed by atoms with E-state index in [0.29, 0.717) is 12.5 Å². The maximum atomic E-state index is 5.90. The summed E-state index contributed by atoms with van der Waals surface area (Å²) in [6.45, 7) is 6.71. The molecule has 5 heteroatoms. The Kier molecular flexibility index (Phi) is 4.74. The third-order valence-electron chi connectivity index (χ3n) is 3.03. The van der Waals surface area contributed by atoms with Crippen LogP contribution in [-0.2, 0) is 13.0 Å². The van der Waals surface area contributed by atoms with Crippen LogP contribution in [-0.4, -0.2) is 10.9 Å². The van der Waals surface area contributed by atoms with Crippen molar-refractivity contribution in [2.45, 2.75) is 33.7 Å². The Balaban J connectivity index is 1.98. The molecule has 1 aromatic carbocycles. The molecular weight excluding hydrogens is 268 g/mol. The van der Waals surface area contributed by atoms with Gasteiger partial charge in [-0.1, -0.05) is 19.1 Å². The summed E-state index contributed by atoms with van der Waals surface area (Å²) in [5, 5.41) is 4.17. The number of aromatic nitrogens is 1. The minimum absolute atomic E-state index is 0.430. The summed E-state index contributed by atoms with van der Waals surface area (Å²) in [6.07, 6.45) is 1.04. The molecule has 20 heavy (non-hydrogen) atoms. The predicted molar refractivity (Wildman–Crippen MR) is 86.4 cm³/mol. The molecule has 2 aromatic rings. The average Bonchev–Trinajstić information content (AvgIpc) is 2.75. The summed E-state index contributed by atoms with van der Waals surface area (Å²) < 4.78 is 0. The van der Waals surface area contributed by atoms with Crippen LogP contribution in [0.4, 0.5) is 5.69 Å². The summed E-state index contributed by atoms with van der Waals surface area (Å²) in [6, 6.07) is 8.21. The van der Waals surface area contributed by atoms with E-state index in [1.165, 1.54) is 5.56 Å². The Hall–Kier alpha value is -1.88. The number of nitrogens with two attached hydrogens (primary N) is 1. The summed E-state index contributed by atoms with van der Waals surface area (Å²) >= 11 is 1.67. The minimum atomic E-state index is 0.430. The second-order valence-corrected chi connectivity index (χ2v) is 5.91. The van der Waals surface area contributed by atoms with Crippen molar-refractivity contribution in [3.8, 4) is 0 Å². The maximum absolute atomic E-state index is 5.90. The maximum Gasteiger partial charge on any atom is 0.193 e. The number of hydrogen-bond donors (Lipinski definition) is 2. The van der Waals surface area contributed by atoms with Gasteiger partial charge in [-0.05, 0) is 38.0 Å². The molecule has 0 unspecified atom stereocenters. The largest absolute Gasteiger partial charge is 0.370 e. The van der Waals surface area contributed by atoms with E-state index in [4.69, 9.17) is 5.73 Å². The minimum Gasteiger partial charge on any atom is -0.370 e. The first-order valence-electron chi connectivity index (χ1n) is 6.67. The fourth-order valence-electron chi connectivity index (χ4n) is 1.89. The number of thiazole rings is 1. The van der Waals surface area contributed by atoms with E-state index in [-0.39, 0.29) is 0 Å². The fraction of sp³-hybridized carbons (Fsp3) is 0.333. The van der Waals surface area contributed by atoms with Crippen molar-refractivity contribution >= 4 is 23.0 Å². The van der Waals surface area contributed by atoms with Crippen molar-refractivity contribution in [1.29, 1.82) is 0 Å². The zero-order valence-electron chi connectivity index (χ0n) is 12.1. The molecule has 4 nitrogen and oxygen atoms in total. The number of guanidine groups is 1. The van der Waals surface area contributed by atoms with Crippen LogP contribution in [0.3, 0.4) is 0 Å². The van der Waals surface area contributed by atoms with Gasteiger partial charge in [0.2, 0.25) is 0 Å². The summed E-state index contributed by atoms with van der Waals surface area (Å²) in [5.41, 5.74) is 9.21. The Bertz CT molecular complexity index is 599. The number of hydrogen-bond acceptors (Lipinski definition) is 3. The molecule has 0 aliphatic carbocycles. The standard InChI is InChI=1S/C15H20N4S/c1-4-12-5-7-13(8-6-12)19-15(16)17-9-14-10(2)18-11(3)20-14/h5-8H,4,9H2,1-3H3,(H3,16,17,19). The Morgan fingerprint density at radius 1 is 1.30 bits per heavy atom. The lowest BCUT2D eigenvalue weighted by atomic mass is 10.1. The summed E-state index contributed by atoms with van der Waals surface area (Å²) in [7, 11) is 0. The van der Waals surface area contributed by atoms with E-state index in [0.717, 1.165) is 27.7 Å². The van der Waals surface area contributed by atoms with Crippen LogP contribution in [0.5, 0.6) is 0 Å². The van der Waals surface area contributed by atoms with Crippen LogP contribution in [0, 0.1) is 13.8 Å². The first-order chi connectivity index (χ1) is 9.58. The van der Waals surface area contributed by atoms with Gasteiger partial charge < -0.3 is 11.1 Å². The van der Waals surface area contributed by atoms with E-state index in [2.05, 4.69) is 34.3 Å². The quantitative estimate of drug-likeness (QED) is 0.670. The number of anilines is 1. The highest BCUT2D eigenvalue weighted by atomic mass is 32.1. The van der Waals surface area contributed by atoms with Crippen molar-refractivity contribution in [3.05, 3.63) is 45.4 Å². The van der Waals surface area contributed by atoms with Gasteiger partial charge in [0.15, 0.2) is 5.96 Å².